The minimum Gasteiger partial charge on any atom is -0.484 e. The van der Waals surface area contributed by atoms with Crippen molar-refractivity contribution in [3.05, 3.63) is 60.2 Å². The average molecular weight is 435 g/mol. The molecule has 30 heavy (non-hydrogen) atoms. The molecule has 7 nitrogen and oxygen atoms in total. The Balaban J connectivity index is 1.72. The summed E-state index contributed by atoms with van der Waals surface area (Å²) >= 11 is 0. The number of hydrogen-bond donors (Lipinski definition) is 2. The molecule has 1 amide bonds. The maximum atomic E-state index is 12.4. The molecule has 0 fully saturated rings. The largest absolute Gasteiger partial charge is 0.484 e. The van der Waals surface area contributed by atoms with Crippen molar-refractivity contribution in [3.8, 4) is 5.75 Å². The molecule has 164 valence electrons. The van der Waals surface area contributed by atoms with Crippen LogP contribution in [0.15, 0.2) is 59.5 Å². The fraction of sp³-hybridized carbons (Fsp3) is 0.409. The van der Waals surface area contributed by atoms with Gasteiger partial charge in [0.15, 0.2) is 6.61 Å². The highest BCUT2D eigenvalue weighted by Gasteiger charge is 2.13. The van der Waals surface area contributed by atoms with Crippen LogP contribution in [0.3, 0.4) is 0 Å². The van der Waals surface area contributed by atoms with Crippen molar-refractivity contribution in [2.24, 2.45) is 0 Å². The van der Waals surface area contributed by atoms with Crippen molar-refractivity contribution in [2.75, 3.05) is 26.3 Å². The molecule has 2 N–H and O–H groups in total. The molecule has 0 aromatic heterocycles. The molecule has 0 aliphatic carbocycles. The highest BCUT2D eigenvalue weighted by molar-refractivity contribution is 7.89. The van der Waals surface area contributed by atoms with E-state index in [0.717, 1.165) is 12.0 Å². The first-order chi connectivity index (χ1) is 14.4. The zero-order valence-corrected chi connectivity index (χ0v) is 18.3. The topological polar surface area (TPSA) is 93.7 Å². The summed E-state index contributed by atoms with van der Waals surface area (Å²) in [6, 6.07) is 15.7. The number of carbonyl (C=O) groups excluding carboxylic acids is 1. The summed E-state index contributed by atoms with van der Waals surface area (Å²) in [5, 5.41) is 2.75. The number of ether oxygens (including phenoxy) is 2. The van der Waals surface area contributed by atoms with Gasteiger partial charge in [0.25, 0.3) is 5.91 Å². The third-order valence-electron chi connectivity index (χ3n) is 4.15. The quantitative estimate of drug-likeness (QED) is 0.473. The highest BCUT2D eigenvalue weighted by atomic mass is 32.2. The van der Waals surface area contributed by atoms with Crippen LogP contribution in [0.25, 0.3) is 0 Å². The maximum Gasteiger partial charge on any atom is 0.257 e. The van der Waals surface area contributed by atoms with E-state index in [2.05, 4.69) is 10.0 Å². The lowest BCUT2D eigenvalue weighted by Gasteiger charge is -2.10. The van der Waals surface area contributed by atoms with Crippen LogP contribution in [0.2, 0.25) is 0 Å². The Morgan fingerprint density at radius 2 is 1.70 bits per heavy atom. The molecule has 0 heterocycles. The molecule has 0 unspecified atom stereocenters. The first-order valence-electron chi connectivity index (χ1n) is 10.0. The van der Waals surface area contributed by atoms with E-state index in [0.29, 0.717) is 31.9 Å². The normalized spacial score (nSPS) is 11.4. The minimum atomic E-state index is -3.60. The van der Waals surface area contributed by atoms with Crippen LogP contribution >= 0.6 is 0 Å². The van der Waals surface area contributed by atoms with Crippen LogP contribution in [-0.4, -0.2) is 46.7 Å². The Hall–Kier alpha value is -2.42. The molecule has 0 aliphatic heterocycles. The number of amides is 1. The number of benzene rings is 2. The molecule has 8 heteroatoms. The predicted octanol–water partition coefficient (Wildman–Crippen LogP) is 2.52. The SMILES string of the molecule is CC(C)OCCCNC(=O)COc1ccc(S(=O)(=O)NCCc2ccccc2)cc1. The number of rotatable bonds is 13. The van der Waals surface area contributed by atoms with Crippen molar-refractivity contribution in [3.63, 3.8) is 0 Å². The first-order valence-corrected chi connectivity index (χ1v) is 11.5. The Morgan fingerprint density at radius 1 is 1.00 bits per heavy atom. The van der Waals surface area contributed by atoms with Gasteiger partial charge < -0.3 is 14.8 Å². The standard InChI is InChI=1S/C22H30N2O5S/c1-18(2)28-16-6-14-23-22(25)17-29-20-9-11-21(12-10-20)30(26,27)24-15-13-19-7-4-3-5-8-19/h3-5,7-12,18,24H,6,13-17H2,1-2H3,(H,23,25). The van der Waals surface area contributed by atoms with Gasteiger partial charge in [0.2, 0.25) is 10.0 Å². The Bertz CT molecular complexity index is 868. The molecule has 2 aromatic carbocycles. The highest BCUT2D eigenvalue weighted by Crippen LogP contribution is 2.16. The van der Waals surface area contributed by atoms with Crippen LogP contribution < -0.4 is 14.8 Å². The van der Waals surface area contributed by atoms with Crippen molar-refractivity contribution < 1.29 is 22.7 Å². The van der Waals surface area contributed by atoms with Gasteiger partial charge in [0.05, 0.1) is 11.0 Å². The van der Waals surface area contributed by atoms with Gasteiger partial charge >= 0.3 is 0 Å². The lowest BCUT2D eigenvalue weighted by atomic mass is 10.2. The molecule has 0 spiro atoms. The van der Waals surface area contributed by atoms with Crippen LogP contribution in [0.4, 0.5) is 0 Å². The van der Waals surface area contributed by atoms with E-state index in [1.165, 1.54) is 24.3 Å². The molecule has 0 atom stereocenters. The zero-order chi connectivity index (χ0) is 21.8. The minimum absolute atomic E-state index is 0.132. The molecule has 2 aromatic rings. The van der Waals surface area contributed by atoms with Gasteiger partial charge in [-0.15, -0.1) is 0 Å². The molecule has 2 rings (SSSR count). The van der Waals surface area contributed by atoms with Gasteiger partial charge in [-0.25, -0.2) is 13.1 Å². The van der Waals surface area contributed by atoms with Gasteiger partial charge in [-0.05, 0) is 56.5 Å². The van der Waals surface area contributed by atoms with Crippen molar-refractivity contribution in [1.29, 1.82) is 0 Å². The smallest absolute Gasteiger partial charge is 0.257 e. The molecule has 0 radical (unpaired) electrons. The summed E-state index contributed by atoms with van der Waals surface area (Å²) in [5.74, 6) is 0.190. The Morgan fingerprint density at radius 3 is 2.37 bits per heavy atom. The van der Waals surface area contributed by atoms with E-state index in [1.807, 2.05) is 44.2 Å². The second kappa shape index (κ2) is 12.3. The van der Waals surface area contributed by atoms with Gasteiger partial charge in [-0.2, -0.15) is 0 Å². The summed E-state index contributed by atoms with van der Waals surface area (Å²) < 4.78 is 38.2. The van der Waals surface area contributed by atoms with E-state index in [4.69, 9.17) is 9.47 Å². The fourth-order valence-corrected chi connectivity index (χ4v) is 3.62. The third-order valence-corrected chi connectivity index (χ3v) is 5.62. The number of hydrogen-bond acceptors (Lipinski definition) is 5. The molecule has 0 saturated carbocycles. The number of sulfonamides is 1. The van der Waals surface area contributed by atoms with Crippen LogP contribution in [0.5, 0.6) is 5.75 Å². The first kappa shape index (κ1) is 23.9. The van der Waals surface area contributed by atoms with Gasteiger partial charge in [-0.3, -0.25) is 4.79 Å². The molecule has 0 saturated heterocycles. The lowest BCUT2D eigenvalue weighted by Crippen LogP contribution is -2.30. The molecule has 0 aliphatic rings. The zero-order valence-electron chi connectivity index (χ0n) is 17.5. The average Bonchev–Trinajstić information content (AvgIpc) is 2.73. The lowest BCUT2D eigenvalue weighted by molar-refractivity contribution is -0.123. The number of carbonyl (C=O) groups is 1. The summed E-state index contributed by atoms with van der Waals surface area (Å²) in [4.78, 5) is 11.9. The molecular weight excluding hydrogens is 404 g/mol. The summed E-state index contributed by atoms with van der Waals surface area (Å²) in [5.41, 5.74) is 1.06. The second-order valence-corrected chi connectivity index (χ2v) is 8.78. The Labute approximate surface area is 178 Å². The van der Waals surface area contributed by atoms with Crippen molar-refractivity contribution >= 4 is 15.9 Å². The van der Waals surface area contributed by atoms with E-state index in [1.54, 1.807) is 0 Å². The van der Waals surface area contributed by atoms with Gasteiger partial charge in [0.1, 0.15) is 5.75 Å². The van der Waals surface area contributed by atoms with E-state index in [-0.39, 0.29) is 23.5 Å². The predicted molar refractivity (Wildman–Crippen MR) is 116 cm³/mol. The van der Waals surface area contributed by atoms with Crippen molar-refractivity contribution in [1.82, 2.24) is 10.0 Å². The third kappa shape index (κ3) is 8.94. The van der Waals surface area contributed by atoms with Crippen molar-refractivity contribution in [2.45, 2.75) is 37.7 Å². The van der Waals surface area contributed by atoms with E-state index < -0.39 is 10.0 Å². The van der Waals surface area contributed by atoms with Crippen LogP contribution in [-0.2, 0) is 26.0 Å². The second-order valence-electron chi connectivity index (χ2n) is 7.02. The van der Waals surface area contributed by atoms with E-state index >= 15 is 0 Å². The number of nitrogens with one attached hydrogen (secondary N) is 2. The van der Waals surface area contributed by atoms with Crippen LogP contribution in [0, 0.1) is 0 Å². The summed E-state index contributed by atoms with van der Waals surface area (Å²) in [6.45, 7) is 5.21. The van der Waals surface area contributed by atoms with E-state index in [9.17, 15) is 13.2 Å². The van der Waals surface area contributed by atoms with Gasteiger partial charge in [0, 0.05) is 19.7 Å². The Kier molecular flexibility index (Phi) is 9.79. The molecule has 0 bridgehead atoms. The summed E-state index contributed by atoms with van der Waals surface area (Å²) in [6.07, 6.45) is 1.52. The fourth-order valence-electron chi connectivity index (χ4n) is 2.59. The van der Waals surface area contributed by atoms with Crippen LogP contribution in [0.1, 0.15) is 25.8 Å². The maximum absolute atomic E-state index is 12.4. The molecular formula is C22H30N2O5S. The monoisotopic (exact) mass is 434 g/mol. The summed E-state index contributed by atoms with van der Waals surface area (Å²) in [7, 11) is -3.60. The van der Waals surface area contributed by atoms with Gasteiger partial charge in [-0.1, -0.05) is 30.3 Å².